The topological polar surface area (TPSA) is 184 Å². The monoisotopic (exact) mass is 726 g/mol. The molecule has 1 aliphatic rings. The maximum Gasteiger partial charge on any atom is 0.243 e. The molecule has 0 radical (unpaired) electrons. The standard InChI is InChI=1S/C40H50N6O7/c1-5-26(4)36-39(51)42-23-34(48)43-31(20-27-12-8-6-9-13-27)37(49)41-22-33(47)44-32(38(50)45-35(25(2)3)40(52)46-36)21-28-16-18-30(19-17-28)53-24-29-14-10-7-11-15-29/h6-19,25-26,31-32,35-36H,5,20-24H2,1-4H3,(H,41,49)(H,42,51)(H,43,48)(H,44,47)(H,45,50)(H,46,52)/t26-,31-,32-,35-,36-/m0/s1. The minimum Gasteiger partial charge on any atom is -0.489 e. The van der Waals surface area contributed by atoms with Gasteiger partial charge in [0.2, 0.25) is 35.4 Å². The first-order valence-corrected chi connectivity index (χ1v) is 18.0. The van der Waals surface area contributed by atoms with Gasteiger partial charge in [0.25, 0.3) is 0 Å². The first kappa shape index (κ1) is 40.1. The minimum atomic E-state index is -1.14. The molecule has 4 rings (SSSR count). The SMILES string of the molecule is CC[C@H](C)[C@@H]1NC(=O)[C@H](C(C)C)NC(=O)[C@H](Cc2ccc(OCc3ccccc3)cc2)NC(=O)CNC(=O)[C@H](Cc2ccccc2)NC(=O)CNC1=O. The molecule has 0 bridgehead atoms. The Morgan fingerprint density at radius 1 is 0.566 bits per heavy atom. The van der Waals surface area contributed by atoms with Crippen molar-refractivity contribution in [2.45, 2.75) is 77.7 Å². The summed E-state index contributed by atoms with van der Waals surface area (Å²) >= 11 is 0. The van der Waals surface area contributed by atoms with Crippen LogP contribution in [0.15, 0.2) is 84.9 Å². The van der Waals surface area contributed by atoms with Crippen molar-refractivity contribution in [2.24, 2.45) is 11.8 Å². The number of rotatable bonds is 10. The molecule has 0 saturated carbocycles. The lowest BCUT2D eigenvalue weighted by atomic mass is 9.96. The Morgan fingerprint density at radius 2 is 1.06 bits per heavy atom. The Labute approximate surface area is 310 Å². The fourth-order valence-electron chi connectivity index (χ4n) is 5.76. The van der Waals surface area contributed by atoms with E-state index < -0.39 is 78.6 Å². The summed E-state index contributed by atoms with van der Waals surface area (Å²) in [5, 5.41) is 16.1. The van der Waals surface area contributed by atoms with Crippen molar-refractivity contribution >= 4 is 35.4 Å². The normalized spacial score (nSPS) is 21.5. The van der Waals surface area contributed by atoms with E-state index in [1.807, 2.05) is 43.3 Å². The molecule has 1 aliphatic heterocycles. The van der Waals surface area contributed by atoms with E-state index in [1.165, 1.54) is 0 Å². The highest BCUT2D eigenvalue weighted by Gasteiger charge is 2.34. The van der Waals surface area contributed by atoms with Crippen LogP contribution in [0.3, 0.4) is 0 Å². The molecule has 0 unspecified atom stereocenters. The molecular weight excluding hydrogens is 676 g/mol. The van der Waals surface area contributed by atoms with Gasteiger partial charge in [0, 0.05) is 12.8 Å². The van der Waals surface area contributed by atoms with Crippen molar-refractivity contribution in [1.82, 2.24) is 31.9 Å². The Morgan fingerprint density at radius 3 is 1.60 bits per heavy atom. The maximum atomic E-state index is 13.9. The van der Waals surface area contributed by atoms with Crippen LogP contribution in [0.2, 0.25) is 0 Å². The molecule has 13 heteroatoms. The summed E-state index contributed by atoms with van der Waals surface area (Å²) in [5.41, 5.74) is 2.47. The van der Waals surface area contributed by atoms with E-state index in [-0.39, 0.29) is 18.8 Å². The molecule has 53 heavy (non-hydrogen) atoms. The van der Waals surface area contributed by atoms with Gasteiger partial charge in [-0.15, -0.1) is 0 Å². The Kier molecular flexibility index (Phi) is 14.9. The highest BCUT2D eigenvalue weighted by molar-refractivity contribution is 5.97. The van der Waals surface area contributed by atoms with Crippen LogP contribution in [0, 0.1) is 11.8 Å². The maximum absolute atomic E-state index is 13.9. The van der Waals surface area contributed by atoms with E-state index in [0.29, 0.717) is 24.3 Å². The zero-order chi connectivity index (χ0) is 38.3. The van der Waals surface area contributed by atoms with E-state index in [0.717, 1.165) is 11.1 Å². The molecule has 0 aliphatic carbocycles. The van der Waals surface area contributed by atoms with Gasteiger partial charge in [0.1, 0.15) is 36.5 Å². The predicted octanol–water partition coefficient (Wildman–Crippen LogP) is 1.94. The summed E-state index contributed by atoms with van der Waals surface area (Å²) in [5.74, 6) is -3.78. The molecule has 0 aromatic heterocycles. The molecule has 1 heterocycles. The third-order valence-electron chi connectivity index (χ3n) is 9.08. The van der Waals surface area contributed by atoms with Gasteiger partial charge >= 0.3 is 0 Å². The van der Waals surface area contributed by atoms with Gasteiger partial charge in [0.15, 0.2) is 0 Å². The first-order valence-electron chi connectivity index (χ1n) is 18.0. The molecule has 3 aromatic rings. The smallest absolute Gasteiger partial charge is 0.243 e. The number of hydrogen-bond acceptors (Lipinski definition) is 7. The second-order valence-corrected chi connectivity index (χ2v) is 13.6. The van der Waals surface area contributed by atoms with Crippen molar-refractivity contribution in [3.63, 3.8) is 0 Å². The van der Waals surface area contributed by atoms with E-state index in [2.05, 4.69) is 31.9 Å². The van der Waals surface area contributed by atoms with E-state index in [4.69, 9.17) is 4.74 Å². The third-order valence-corrected chi connectivity index (χ3v) is 9.08. The lowest BCUT2D eigenvalue weighted by Gasteiger charge is -2.29. The third kappa shape index (κ3) is 12.5. The van der Waals surface area contributed by atoms with Crippen LogP contribution in [0.4, 0.5) is 0 Å². The van der Waals surface area contributed by atoms with E-state index in [9.17, 15) is 28.8 Å². The molecule has 5 atom stereocenters. The number of nitrogens with one attached hydrogen (secondary N) is 6. The number of hydrogen-bond donors (Lipinski definition) is 6. The number of carbonyl (C=O) groups excluding carboxylic acids is 6. The zero-order valence-corrected chi connectivity index (χ0v) is 30.6. The molecule has 1 saturated heterocycles. The van der Waals surface area contributed by atoms with Gasteiger partial charge in [-0.2, -0.15) is 0 Å². The Hall–Kier alpha value is -5.72. The fourth-order valence-corrected chi connectivity index (χ4v) is 5.76. The van der Waals surface area contributed by atoms with Crippen LogP contribution >= 0.6 is 0 Å². The van der Waals surface area contributed by atoms with Crippen LogP contribution < -0.4 is 36.6 Å². The van der Waals surface area contributed by atoms with Crippen LogP contribution in [0.5, 0.6) is 5.75 Å². The molecule has 3 aromatic carbocycles. The van der Waals surface area contributed by atoms with E-state index in [1.54, 1.807) is 69.3 Å². The lowest BCUT2D eigenvalue weighted by Crippen LogP contribution is -2.60. The summed E-state index contributed by atoms with van der Waals surface area (Å²) in [6.07, 6.45) is 0.709. The molecule has 282 valence electrons. The zero-order valence-electron chi connectivity index (χ0n) is 30.6. The largest absolute Gasteiger partial charge is 0.489 e. The summed E-state index contributed by atoms with van der Waals surface area (Å²) in [6.45, 7) is 6.60. The van der Waals surface area contributed by atoms with Gasteiger partial charge in [0.05, 0.1) is 13.1 Å². The highest BCUT2D eigenvalue weighted by Crippen LogP contribution is 2.16. The van der Waals surface area contributed by atoms with Crippen molar-refractivity contribution in [1.29, 1.82) is 0 Å². The summed E-state index contributed by atoms with van der Waals surface area (Å²) < 4.78 is 5.89. The second-order valence-electron chi connectivity index (χ2n) is 13.6. The minimum absolute atomic E-state index is 0.0571. The first-order chi connectivity index (χ1) is 25.4. The predicted molar refractivity (Wildman–Crippen MR) is 199 cm³/mol. The quantitative estimate of drug-likeness (QED) is 0.185. The molecule has 6 N–H and O–H groups in total. The molecule has 1 fully saturated rings. The average Bonchev–Trinajstić information content (AvgIpc) is 3.16. The van der Waals surface area contributed by atoms with Crippen molar-refractivity contribution in [3.05, 3.63) is 102 Å². The lowest BCUT2D eigenvalue weighted by molar-refractivity contribution is -0.136. The van der Waals surface area contributed by atoms with Crippen LogP contribution in [0.1, 0.15) is 50.8 Å². The summed E-state index contributed by atoms with van der Waals surface area (Å²) in [4.78, 5) is 80.7. The van der Waals surface area contributed by atoms with Crippen molar-refractivity contribution < 1.29 is 33.5 Å². The van der Waals surface area contributed by atoms with Gasteiger partial charge in [-0.3, -0.25) is 28.8 Å². The van der Waals surface area contributed by atoms with Gasteiger partial charge in [-0.25, -0.2) is 0 Å². The van der Waals surface area contributed by atoms with Crippen LogP contribution in [0.25, 0.3) is 0 Å². The Balaban J connectivity index is 1.59. The Bertz CT molecular complexity index is 1700. The summed E-state index contributed by atoms with van der Waals surface area (Å²) in [7, 11) is 0. The molecule has 0 spiro atoms. The van der Waals surface area contributed by atoms with Crippen LogP contribution in [-0.4, -0.2) is 72.7 Å². The van der Waals surface area contributed by atoms with Crippen LogP contribution in [-0.2, 0) is 48.2 Å². The van der Waals surface area contributed by atoms with E-state index >= 15 is 0 Å². The number of ether oxygens (including phenoxy) is 1. The van der Waals surface area contributed by atoms with Crippen molar-refractivity contribution in [3.8, 4) is 5.75 Å². The number of benzene rings is 3. The summed E-state index contributed by atoms with van der Waals surface area (Å²) in [6, 6.07) is 21.5. The second kappa shape index (κ2) is 19.8. The van der Waals surface area contributed by atoms with Crippen molar-refractivity contribution in [2.75, 3.05) is 13.1 Å². The highest BCUT2D eigenvalue weighted by atomic mass is 16.5. The van der Waals surface area contributed by atoms with Gasteiger partial charge in [-0.05, 0) is 40.7 Å². The van der Waals surface area contributed by atoms with Gasteiger partial charge in [-0.1, -0.05) is 107 Å². The molecule has 13 nitrogen and oxygen atoms in total. The van der Waals surface area contributed by atoms with Gasteiger partial charge < -0.3 is 36.6 Å². The number of amides is 6. The average molecular weight is 727 g/mol. The molecule has 6 amide bonds. The molecular formula is C40H50N6O7. The fraction of sp³-hybridized carbons (Fsp3) is 0.400. The number of carbonyl (C=O) groups is 6.